The fourth-order valence-electron chi connectivity index (χ4n) is 2.79. The van der Waals surface area contributed by atoms with Crippen molar-refractivity contribution in [2.75, 3.05) is 18.6 Å². The van der Waals surface area contributed by atoms with E-state index in [1.165, 1.54) is 6.26 Å². The average Bonchev–Trinajstić information content (AvgIpc) is 2.58. The molecule has 3 unspecified atom stereocenters. The summed E-state index contributed by atoms with van der Waals surface area (Å²) < 4.78 is 27.6. The lowest BCUT2D eigenvalue weighted by Gasteiger charge is -2.15. The molecule has 100 valence electrons. The van der Waals surface area contributed by atoms with E-state index < -0.39 is 9.84 Å². The van der Waals surface area contributed by atoms with Gasteiger partial charge in [-0.15, -0.1) is 0 Å². The molecule has 0 aromatic carbocycles. The van der Waals surface area contributed by atoms with Crippen molar-refractivity contribution in [3.63, 3.8) is 0 Å². The first-order valence-electron chi connectivity index (χ1n) is 6.21. The van der Waals surface area contributed by atoms with Crippen molar-refractivity contribution in [2.24, 2.45) is 17.8 Å². The standard InChI is InChI=1S/C12H22O4S/c1-4-10-6-9(8-17(3,14)15)7-11(10)12(13)16-5-2/h9-11H,4-8H2,1-3H3. The van der Waals surface area contributed by atoms with Gasteiger partial charge in [0.2, 0.25) is 0 Å². The first-order valence-corrected chi connectivity index (χ1v) is 8.27. The topological polar surface area (TPSA) is 60.4 Å². The van der Waals surface area contributed by atoms with Crippen molar-refractivity contribution in [3.05, 3.63) is 0 Å². The van der Waals surface area contributed by atoms with Gasteiger partial charge >= 0.3 is 5.97 Å². The molecule has 17 heavy (non-hydrogen) atoms. The van der Waals surface area contributed by atoms with Gasteiger partial charge in [0.1, 0.15) is 9.84 Å². The average molecular weight is 262 g/mol. The highest BCUT2D eigenvalue weighted by atomic mass is 32.2. The fraction of sp³-hybridized carbons (Fsp3) is 0.917. The van der Waals surface area contributed by atoms with Crippen LogP contribution in [0.3, 0.4) is 0 Å². The van der Waals surface area contributed by atoms with E-state index in [0.717, 1.165) is 12.8 Å². The summed E-state index contributed by atoms with van der Waals surface area (Å²) in [6, 6.07) is 0. The van der Waals surface area contributed by atoms with Crippen molar-refractivity contribution in [1.29, 1.82) is 0 Å². The molecule has 0 amide bonds. The Kier molecular flexibility index (Phi) is 4.98. The molecule has 1 saturated carbocycles. The van der Waals surface area contributed by atoms with Crippen LogP contribution in [-0.2, 0) is 19.4 Å². The number of sulfone groups is 1. The first-order chi connectivity index (χ1) is 7.87. The Morgan fingerprint density at radius 2 is 1.94 bits per heavy atom. The fourth-order valence-corrected chi connectivity index (χ4v) is 3.92. The van der Waals surface area contributed by atoms with Crippen LogP contribution >= 0.6 is 0 Å². The van der Waals surface area contributed by atoms with Gasteiger partial charge in [-0.05, 0) is 31.6 Å². The Labute approximate surface area is 104 Å². The molecule has 0 bridgehead atoms. The highest BCUT2D eigenvalue weighted by Crippen LogP contribution is 2.39. The number of rotatable bonds is 5. The maximum absolute atomic E-state index is 11.8. The molecule has 1 fully saturated rings. The molecule has 0 N–H and O–H groups in total. The van der Waals surface area contributed by atoms with Gasteiger partial charge in [-0.25, -0.2) is 8.42 Å². The number of esters is 1. The smallest absolute Gasteiger partial charge is 0.309 e. The zero-order valence-electron chi connectivity index (χ0n) is 10.8. The molecule has 0 radical (unpaired) electrons. The van der Waals surface area contributed by atoms with Crippen LogP contribution < -0.4 is 0 Å². The van der Waals surface area contributed by atoms with Gasteiger partial charge < -0.3 is 4.74 Å². The second-order valence-corrected chi connectivity index (χ2v) is 7.14. The van der Waals surface area contributed by atoms with Crippen molar-refractivity contribution in [3.8, 4) is 0 Å². The third kappa shape index (κ3) is 4.30. The second-order valence-electron chi connectivity index (χ2n) is 4.96. The van der Waals surface area contributed by atoms with Crippen LogP contribution in [0.2, 0.25) is 0 Å². The van der Waals surface area contributed by atoms with E-state index in [0.29, 0.717) is 13.0 Å². The molecule has 0 aromatic rings. The third-order valence-electron chi connectivity index (χ3n) is 3.44. The zero-order valence-corrected chi connectivity index (χ0v) is 11.6. The number of carbonyl (C=O) groups excluding carboxylic acids is 1. The molecule has 0 saturated heterocycles. The molecule has 3 atom stereocenters. The predicted octanol–water partition coefficient (Wildman–Crippen LogP) is 1.65. The summed E-state index contributed by atoms with van der Waals surface area (Å²) in [6.45, 7) is 4.23. The summed E-state index contributed by atoms with van der Waals surface area (Å²) in [6.07, 6.45) is 3.65. The first kappa shape index (κ1) is 14.5. The summed E-state index contributed by atoms with van der Waals surface area (Å²) in [5.41, 5.74) is 0. The van der Waals surface area contributed by atoms with E-state index in [1.807, 2.05) is 6.92 Å². The van der Waals surface area contributed by atoms with Gasteiger partial charge in [0.25, 0.3) is 0 Å². The third-order valence-corrected chi connectivity index (χ3v) is 4.52. The van der Waals surface area contributed by atoms with E-state index in [1.54, 1.807) is 6.92 Å². The van der Waals surface area contributed by atoms with E-state index >= 15 is 0 Å². The molecule has 1 aliphatic rings. The lowest BCUT2D eigenvalue weighted by molar-refractivity contribution is -0.149. The van der Waals surface area contributed by atoms with Gasteiger partial charge in [-0.1, -0.05) is 13.3 Å². The van der Waals surface area contributed by atoms with Crippen LogP contribution in [0.25, 0.3) is 0 Å². The van der Waals surface area contributed by atoms with Crippen molar-refractivity contribution in [2.45, 2.75) is 33.1 Å². The highest BCUT2D eigenvalue weighted by molar-refractivity contribution is 7.90. The van der Waals surface area contributed by atoms with Crippen LogP contribution in [-0.4, -0.2) is 33.0 Å². The largest absolute Gasteiger partial charge is 0.466 e. The molecule has 0 aromatic heterocycles. The lowest BCUT2D eigenvalue weighted by atomic mass is 9.94. The summed E-state index contributed by atoms with van der Waals surface area (Å²) in [7, 11) is -2.95. The monoisotopic (exact) mass is 262 g/mol. The minimum Gasteiger partial charge on any atom is -0.466 e. The Hall–Kier alpha value is -0.580. The lowest BCUT2D eigenvalue weighted by Crippen LogP contribution is -2.21. The zero-order chi connectivity index (χ0) is 13.1. The molecule has 1 aliphatic carbocycles. The number of hydrogen-bond acceptors (Lipinski definition) is 4. The van der Waals surface area contributed by atoms with Gasteiger partial charge in [0.15, 0.2) is 0 Å². The van der Waals surface area contributed by atoms with E-state index in [-0.39, 0.29) is 29.5 Å². The summed E-state index contributed by atoms with van der Waals surface area (Å²) >= 11 is 0. The van der Waals surface area contributed by atoms with Crippen LogP contribution in [0.15, 0.2) is 0 Å². The number of hydrogen-bond donors (Lipinski definition) is 0. The molecule has 1 rings (SSSR count). The molecule has 0 heterocycles. The summed E-state index contributed by atoms with van der Waals surface area (Å²) in [4.78, 5) is 11.8. The minimum atomic E-state index is -2.95. The summed E-state index contributed by atoms with van der Waals surface area (Å²) in [5.74, 6) is 0.326. The van der Waals surface area contributed by atoms with Crippen LogP contribution in [0.1, 0.15) is 33.1 Å². The number of ether oxygens (including phenoxy) is 1. The van der Waals surface area contributed by atoms with E-state index in [4.69, 9.17) is 4.74 Å². The predicted molar refractivity (Wildman–Crippen MR) is 66.3 cm³/mol. The molecule has 4 nitrogen and oxygen atoms in total. The second kappa shape index (κ2) is 5.85. The Morgan fingerprint density at radius 1 is 1.29 bits per heavy atom. The van der Waals surface area contributed by atoms with E-state index in [2.05, 4.69) is 0 Å². The SMILES string of the molecule is CCOC(=O)C1CC(CS(C)(=O)=O)CC1CC. The van der Waals surface area contributed by atoms with Crippen molar-refractivity contribution in [1.82, 2.24) is 0 Å². The number of carbonyl (C=O) groups is 1. The van der Waals surface area contributed by atoms with Crippen molar-refractivity contribution >= 4 is 15.8 Å². The van der Waals surface area contributed by atoms with Crippen LogP contribution in [0, 0.1) is 17.8 Å². The quantitative estimate of drug-likeness (QED) is 0.707. The summed E-state index contributed by atoms with van der Waals surface area (Å²) in [5, 5.41) is 0. The molecule has 0 aliphatic heterocycles. The van der Waals surface area contributed by atoms with E-state index in [9.17, 15) is 13.2 Å². The Morgan fingerprint density at radius 3 is 2.41 bits per heavy atom. The van der Waals surface area contributed by atoms with Gasteiger partial charge in [-0.2, -0.15) is 0 Å². The van der Waals surface area contributed by atoms with Gasteiger partial charge in [0, 0.05) is 6.26 Å². The normalized spacial score (nSPS) is 29.2. The minimum absolute atomic E-state index is 0.105. The van der Waals surface area contributed by atoms with Crippen molar-refractivity contribution < 1.29 is 17.9 Å². The Balaban J connectivity index is 2.65. The molecule has 5 heteroatoms. The molecule has 0 spiro atoms. The molecular weight excluding hydrogens is 240 g/mol. The van der Waals surface area contributed by atoms with Gasteiger partial charge in [0.05, 0.1) is 18.3 Å². The van der Waals surface area contributed by atoms with Crippen LogP contribution in [0.5, 0.6) is 0 Å². The maximum atomic E-state index is 11.8. The molecular formula is C12H22O4S. The Bertz CT molecular complexity index is 361. The maximum Gasteiger partial charge on any atom is 0.309 e. The van der Waals surface area contributed by atoms with Crippen LogP contribution in [0.4, 0.5) is 0 Å². The highest BCUT2D eigenvalue weighted by Gasteiger charge is 2.39. The van der Waals surface area contributed by atoms with Gasteiger partial charge in [-0.3, -0.25) is 4.79 Å².